The molecule has 0 bridgehead atoms. The van der Waals surface area contributed by atoms with Gasteiger partial charge in [0.15, 0.2) is 0 Å². The number of carbonyl (C=O) groups excluding carboxylic acids is 3. The summed E-state index contributed by atoms with van der Waals surface area (Å²) in [6.07, 6.45) is -1.98. The van der Waals surface area contributed by atoms with Crippen LogP contribution in [-0.2, 0) is 11.3 Å². The van der Waals surface area contributed by atoms with E-state index in [0.717, 1.165) is 37.9 Å². The van der Waals surface area contributed by atoms with Crippen molar-refractivity contribution >= 4 is 17.8 Å². The first-order valence-electron chi connectivity index (χ1n) is 8.06. The van der Waals surface area contributed by atoms with E-state index >= 15 is 0 Å². The summed E-state index contributed by atoms with van der Waals surface area (Å²) in [4.78, 5) is 36.1. The minimum atomic E-state index is -5.08. The number of rotatable bonds is 3. The molecule has 1 aromatic rings. The van der Waals surface area contributed by atoms with Crippen molar-refractivity contribution in [1.82, 2.24) is 21.1 Å². The molecule has 0 aromatic heterocycles. The fraction of sp³-hybridized carbons (Fsp3) is 0.438. The molecule has 0 saturated carbocycles. The van der Waals surface area contributed by atoms with Gasteiger partial charge in [0, 0.05) is 25.2 Å². The Bertz CT molecular complexity index is 656. The molecule has 1 heterocycles. The number of carbonyl (C=O) groups is 3. The van der Waals surface area contributed by atoms with Crippen LogP contribution in [0.5, 0.6) is 0 Å². The summed E-state index contributed by atoms with van der Waals surface area (Å²) in [6, 6.07) is 5.75. The van der Waals surface area contributed by atoms with Gasteiger partial charge in [0.2, 0.25) is 0 Å². The van der Waals surface area contributed by atoms with Gasteiger partial charge in [0.25, 0.3) is 5.91 Å². The Morgan fingerprint density at radius 2 is 1.58 bits per heavy atom. The van der Waals surface area contributed by atoms with Crippen LogP contribution in [0.15, 0.2) is 24.3 Å². The van der Waals surface area contributed by atoms with Crippen LogP contribution in [0.3, 0.4) is 0 Å². The molecule has 142 valence electrons. The predicted molar refractivity (Wildman–Crippen MR) is 85.8 cm³/mol. The maximum absolute atomic E-state index is 12.0. The Morgan fingerprint density at radius 1 is 0.962 bits per heavy atom. The quantitative estimate of drug-likeness (QED) is 0.706. The van der Waals surface area contributed by atoms with Crippen LogP contribution >= 0.6 is 0 Å². The van der Waals surface area contributed by atoms with Crippen LogP contribution in [0, 0.1) is 0 Å². The Morgan fingerprint density at radius 3 is 2.15 bits per heavy atom. The number of nitrogens with one attached hydrogen (secondary N) is 3. The fourth-order valence-corrected chi connectivity index (χ4v) is 2.42. The van der Waals surface area contributed by atoms with Crippen molar-refractivity contribution in [3.8, 4) is 0 Å². The first-order valence-corrected chi connectivity index (χ1v) is 8.06. The number of hydrazine groups is 1. The number of hydrogen-bond acceptors (Lipinski definition) is 3. The molecule has 7 nitrogen and oxygen atoms in total. The lowest BCUT2D eigenvalue weighted by Crippen LogP contribution is -2.47. The number of urea groups is 1. The summed E-state index contributed by atoms with van der Waals surface area (Å²) in [5.41, 5.74) is 3.77. The van der Waals surface area contributed by atoms with E-state index in [-0.39, 0.29) is 18.1 Å². The van der Waals surface area contributed by atoms with Crippen LogP contribution in [0.2, 0.25) is 0 Å². The van der Waals surface area contributed by atoms with Gasteiger partial charge < -0.3 is 10.2 Å². The highest BCUT2D eigenvalue weighted by atomic mass is 19.4. The molecule has 0 aliphatic carbocycles. The van der Waals surface area contributed by atoms with Gasteiger partial charge in [-0.05, 0) is 37.0 Å². The van der Waals surface area contributed by atoms with Crippen LogP contribution in [0.25, 0.3) is 0 Å². The molecule has 1 saturated heterocycles. The first-order chi connectivity index (χ1) is 12.3. The van der Waals surface area contributed by atoms with Gasteiger partial charge in [0.1, 0.15) is 0 Å². The molecular formula is C16H19F3N4O3. The fourth-order valence-electron chi connectivity index (χ4n) is 2.42. The third-order valence-electron chi connectivity index (χ3n) is 3.85. The molecule has 1 aliphatic rings. The Labute approximate surface area is 147 Å². The maximum Gasteiger partial charge on any atom is 0.472 e. The number of piperidine rings is 1. The minimum Gasteiger partial charge on any atom is -0.334 e. The number of alkyl halides is 3. The second kappa shape index (κ2) is 8.54. The van der Waals surface area contributed by atoms with Crippen molar-refractivity contribution in [2.24, 2.45) is 0 Å². The van der Waals surface area contributed by atoms with Crippen molar-refractivity contribution in [3.63, 3.8) is 0 Å². The Balaban J connectivity index is 1.80. The summed E-state index contributed by atoms with van der Waals surface area (Å²) in [5, 5.41) is 2.78. The van der Waals surface area contributed by atoms with Crippen molar-refractivity contribution in [3.05, 3.63) is 35.4 Å². The van der Waals surface area contributed by atoms with Gasteiger partial charge in [-0.25, -0.2) is 4.79 Å². The SMILES string of the molecule is O=C(NNC(=O)C(F)(F)F)c1ccc(CNC(=O)N2CCCCC2)cc1. The van der Waals surface area contributed by atoms with E-state index in [1.165, 1.54) is 17.6 Å². The number of halogens is 3. The number of amides is 4. The normalized spacial score (nSPS) is 14.5. The summed E-state index contributed by atoms with van der Waals surface area (Å²) < 4.78 is 36.1. The maximum atomic E-state index is 12.0. The lowest BCUT2D eigenvalue weighted by Gasteiger charge is -2.26. The number of benzene rings is 1. The van der Waals surface area contributed by atoms with Crippen LogP contribution in [0.4, 0.5) is 18.0 Å². The lowest BCUT2D eigenvalue weighted by molar-refractivity contribution is -0.174. The number of hydrogen-bond donors (Lipinski definition) is 3. The second-order valence-electron chi connectivity index (χ2n) is 5.81. The van der Waals surface area contributed by atoms with Gasteiger partial charge in [-0.1, -0.05) is 12.1 Å². The van der Waals surface area contributed by atoms with Crippen LogP contribution in [-0.4, -0.2) is 42.0 Å². The highest BCUT2D eigenvalue weighted by molar-refractivity contribution is 5.95. The molecule has 0 atom stereocenters. The lowest BCUT2D eigenvalue weighted by atomic mass is 10.1. The molecule has 0 unspecified atom stereocenters. The second-order valence-corrected chi connectivity index (χ2v) is 5.81. The van der Waals surface area contributed by atoms with E-state index < -0.39 is 18.0 Å². The summed E-state index contributed by atoms with van der Waals surface area (Å²) in [7, 11) is 0. The summed E-state index contributed by atoms with van der Waals surface area (Å²) in [6.45, 7) is 1.73. The predicted octanol–water partition coefficient (Wildman–Crippen LogP) is 1.71. The largest absolute Gasteiger partial charge is 0.472 e. The first kappa shape index (κ1) is 19.5. The summed E-state index contributed by atoms with van der Waals surface area (Å²) in [5.74, 6) is -3.14. The van der Waals surface area contributed by atoms with Gasteiger partial charge in [-0.3, -0.25) is 20.4 Å². The highest BCUT2D eigenvalue weighted by Crippen LogP contribution is 2.13. The standard InChI is InChI=1S/C16H19F3N4O3/c17-16(18,19)14(25)22-21-13(24)12-6-4-11(5-7-12)10-20-15(26)23-8-2-1-3-9-23/h4-7H,1-3,8-10H2,(H,20,26)(H,21,24)(H,22,25). The van der Waals surface area contributed by atoms with Crippen molar-refractivity contribution in [1.29, 1.82) is 0 Å². The van der Waals surface area contributed by atoms with E-state index in [9.17, 15) is 27.6 Å². The van der Waals surface area contributed by atoms with Gasteiger partial charge in [-0.15, -0.1) is 0 Å². The monoisotopic (exact) mass is 372 g/mol. The zero-order valence-electron chi connectivity index (χ0n) is 13.9. The molecule has 2 rings (SSSR count). The molecule has 1 aromatic carbocycles. The van der Waals surface area contributed by atoms with Crippen molar-refractivity contribution < 1.29 is 27.6 Å². The topological polar surface area (TPSA) is 90.5 Å². The molecular weight excluding hydrogens is 353 g/mol. The minimum absolute atomic E-state index is 0.0681. The smallest absolute Gasteiger partial charge is 0.334 e. The van der Waals surface area contributed by atoms with E-state index in [0.29, 0.717) is 0 Å². The molecule has 0 spiro atoms. The number of nitrogens with zero attached hydrogens (tertiary/aromatic N) is 1. The highest BCUT2D eigenvalue weighted by Gasteiger charge is 2.38. The molecule has 1 aliphatic heterocycles. The van der Waals surface area contributed by atoms with Crippen molar-refractivity contribution in [2.75, 3.05) is 13.1 Å². The third-order valence-corrected chi connectivity index (χ3v) is 3.85. The zero-order chi connectivity index (χ0) is 19.2. The zero-order valence-corrected chi connectivity index (χ0v) is 13.9. The van der Waals surface area contributed by atoms with E-state index in [1.54, 1.807) is 22.5 Å². The van der Waals surface area contributed by atoms with Crippen LogP contribution < -0.4 is 16.2 Å². The average molecular weight is 372 g/mol. The van der Waals surface area contributed by atoms with Crippen molar-refractivity contribution in [2.45, 2.75) is 32.0 Å². The molecule has 3 N–H and O–H groups in total. The Kier molecular flexibility index (Phi) is 6.42. The average Bonchev–Trinajstić information content (AvgIpc) is 2.64. The summed E-state index contributed by atoms with van der Waals surface area (Å²) >= 11 is 0. The van der Waals surface area contributed by atoms with E-state index in [4.69, 9.17) is 0 Å². The number of likely N-dealkylation sites (tertiary alicyclic amines) is 1. The van der Waals surface area contributed by atoms with E-state index in [1.807, 2.05) is 0 Å². The molecule has 0 radical (unpaired) electrons. The Hall–Kier alpha value is -2.78. The molecule has 4 amide bonds. The molecule has 10 heteroatoms. The van der Waals surface area contributed by atoms with E-state index in [2.05, 4.69) is 5.32 Å². The van der Waals surface area contributed by atoms with Gasteiger partial charge in [0.05, 0.1) is 0 Å². The van der Waals surface area contributed by atoms with Crippen LogP contribution in [0.1, 0.15) is 35.2 Å². The van der Waals surface area contributed by atoms with Gasteiger partial charge >= 0.3 is 18.1 Å². The molecule has 1 fully saturated rings. The third kappa shape index (κ3) is 5.64. The molecule has 26 heavy (non-hydrogen) atoms. The van der Waals surface area contributed by atoms with Gasteiger partial charge in [-0.2, -0.15) is 13.2 Å².